The molecule has 4 rings (SSSR count). The number of nitro groups is 1. The van der Waals surface area contributed by atoms with Crippen LogP contribution in [0, 0.1) is 16.0 Å². The van der Waals surface area contributed by atoms with E-state index in [1.54, 1.807) is 37.3 Å². The van der Waals surface area contributed by atoms with Gasteiger partial charge in [-0.15, -0.1) is 0 Å². The average molecular weight is 481 g/mol. The molecule has 2 unspecified atom stereocenters. The van der Waals surface area contributed by atoms with Crippen molar-refractivity contribution in [3.05, 3.63) is 58.1 Å². The monoisotopic (exact) mass is 480 g/mol. The van der Waals surface area contributed by atoms with Gasteiger partial charge in [-0.2, -0.15) is 0 Å². The molecule has 10 nitrogen and oxygen atoms in total. The SMILES string of the molecule is CC1CCCN(c2ccc(C(=O)OCC(=O)N3c4ccccc4NC(=O)CC3C)cc2[N+](=O)[O-])C1. The van der Waals surface area contributed by atoms with Crippen LogP contribution in [0.3, 0.4) is 0 Å². The number of hydrogen-bond donors (Lipinski definition) is 1. The van der Waals surface area contributed by atoms with Crippen LogP contribution in [-0.2, 0) is 14.3 Å². The maximum absolute atomic E-state index is 13.0. The molecule has 1 fully saturated rings. The molecule has 2 aliphatic rings. The van der Waals surface area contributed by atoms with Gasteiger partial charge in [-0.3, -0.25) is 19.7 Å². The van der Waals surface area contributed by atoms with E-state index in [2.05, 4.69) is 12.2 Å². The van der Waals surface area contributed by atoms with Crippen LogP contribution < -0.4 is 15.1 Å². The molecular weight excluding hydrogens is 452 g/mol. The molecule has 184 valence electrons. The molecule has 10 heteroatoms. The highest BCUT2D eigenvalue weighted by atomic mass is 16.6. The van der Waals surface area contributed by atoms with Crippen LogP contribution in [0.1, 0.15) is 43.5 Å². The zero-order valence-electron chi connectivity index (χ0n) is 19.7. The highest BCUT2D eigenvalue weighted by Crippen LogP contribution is 2.33. The minimum atomic E-state index is -0.829. The molecule has 0 bridgehead atoms. The number of piperidine rings is 1. The number of rotatable bonds is 5. The van der Waals surface area contributed by atoms with E-state index in [-0.39, 0.29) is 23.6 Å². The second-order valence-electron chi connectivity index (χ2n) is 9.11. The summed E-state index contributed by atoms with van der Waals surface area (Å²) < 4.78 is 5.24. The maximum atomic E-state index is 13.0. The molecule has 2 heterocycles. The summed E-state index contributed by atoms with van der Waals surface area (Å²) in [6, 6.07) is 10.7. The number of hydrogen-bond acceptors (Lipinski definition) is 7. The Labute approximate surface area is 203 Å². The van der Waals surface area contributed by atoms with Gasteiger partial charge in [0, 0.05) is 31.6 Å². The molecule has 2 aromatic rings. The predicted molar refractivity (Wildman–Crippen MR) is 131 cm³/mol. The van der Waals surface area contributed by atoms with E-state index < -0.39 is 29.4 Å². The molecule has 2 aliphatic heterocycles. The highest BCUT2D eigenvalue weighted by Gasteiger charge is 2.31. The van der Waals surface area contributed by atoms with Crippen molar-refractivity contribution < 1.29 is 24.0 Å². The van der Waals surface area contributed by atoms with Crippen molar-refractivity contribution in [3.8, 4) is 0 Å². The van der Waals surface area contributed by atoms with Crippen molar-refractivity contribution in [2.24, 2.45) is 5.92 Å². The Morgan fingerprint density at radius 1 is 1.17 bits per heavy atom. The molecule has 0 saturated carbocycles. The zero-order chi connectivity index (χ0) is 25.1. The number of esters is 1. The topological polar surface area (TPSA) is 122 Å². The highest BCUT2D eigenvalue weighted by molar-refractivity contribution is 6.05. The van der Waals surface area contributed by atoms with Crippen molar-refractivity contribution in [1.29, 1.82) is 0 Å². The Hall–Kier alpha value is -3.95. The quantitative estimate of drug-likeness (QED) is 0.393. The molecule has 0 aromatic heterocycles. The van der Waals surface area contributed by atoms with Crippen molar-refractivity contribution in [3.63, 3.8) is 0 Å². The number of para-hydroxylation sites is 2. The van der Waals surface area contributed by atoms with Crippen LogP contribution in [0.4, 0.5) is 22.7 Å². The molecule has 2 atom stereocenters. The molecule has 2 amide bonds. The number of amides is 2. The summed E-state index contributed by atoms with van der Waals surface area (Å²) in [6.07, 6.45) is 2.12. The molecule has 1 saturated heterocycles. The Morgan fingerprint density at radius 3 is 2.69 bits per heavy atom. The lowest BCUT2D eigenvalue weighted by molar-refractivity contribution is -0.384. The number of anilines is 3. The molecule has 35 heavy (non-hydrogen) atoms. The van der Waals surface area contributed by atoms with Gasteiger partial charge in [0.05, 0.1) is 21.9 Å². The fourth-order valence-corrected chi connectivity index (χ4v) is 4.72. The molecular formula is C25H28N4O6. The van der Waals surface area contributed by atoms with E-state index in [1.165, 1.54) is 17.0 Å². The van der Waals surface area contributed by atoms with E-state index in [0.717, 1.165) is 19.4 Å². The summed E-state index contributed by atoms with van der Waals surface area (Å²) in [5.41, 5.74) is 1.32. The van der Waals surface area contributed by atoms with Gasteiger partial charge in [0.25, 0.3) is 11.6 Å². The van der Waals surface area contributed by atoms with Gasteiger partial charge >= 0.3 is 5.97 Å². The van der Waals surface area contributed by atoms with Gasteiger partial charge in [0.1, 0.15) is 5.69 Å². The first-order valence-corrected chi connectivity index (χ1v) is 11.7. The zero-order valence-corrected chi connectivity index (χ0v) is 19.7. The summed E-state index contributed by atoms with van der Waals surface area (Å²) in [6.45, 7) is 4.72. The molecule has 2 aromatic carbocycles. The third kappa shape index (κ3) is 5.26. The smallest absolute Gasteiger partial charge is 0.338 e. The third-order valence-corrected chi connectivity index (χ3v) is 6.36. The lowest BCUT2D eigenvalue weighted by Crippen LogP contribution is -2.41. The summed E-state index contributed by atoms with van der Waals surface area (Å²) in [4.78, 5) is 52.5. The Morgan fingerprint density at radius 2 is 1.94 bits per heavy atom. The first-order valence-electron chi connectivity index (χ1n) is 11.7. The summed E-state index contributed by atoms with van der Waals surface area (Å²) in [5.74, 6) is -1.11. The van der Waals surface area contributed by atoms with Crippen molar-refractivity contribution in [1.82, 2.24) is 0 Å². The predicted octanol–water partition coefficient (Wildman–Crippen LogP) is 3.75. The molecule has 0 spiro atoms. The van der Waals surface area contributed by atoms with E-state index in [0.29, 0.717) is 29.5 Å². The second kappa shape index (κ2) is 10.1. The number of carbonyl (C=O) groups is 3. The minimum absolute atomic E-state index is 0.000493. The standard InChI is InChI=1S/C25H28N4O6/c1-16-6-5-11-27(14-16)21-10-9-18(13-22(21)29(33)34)25(32)35-15-24(31)28-17(2)12-23(30)26-19-7-3-4-8-20(19)28/h3-4,7-10,13,16-17H,5-6,11-12,14-15H2,1-2H3,(H,26,30). The molecule has 0 aliphatic carbocycles. The number of carbonyl (C=O) groups excluding carboxylic acids is 3. The first-order chi connectivity index (χ1) is 16.7. The fraction of sp³-hybridized carbons (Fsp3) is 0.400. The van der Waals surface area contributed by atoms with E-state index >= 15 is 0 Å². The van der Waals surface area contributed by atoms with Crippen LogP contribution in [0.15, 0.2) is 42.5 Å². The summed E-state index contributed by atoms with van der Waals surface area (Å²) >= 11 is 0. The van der Waals surface area contributed by atoms with Crippen molar-refractivity contribution in [2.75, 3.05) is 34.8 Å². The normalized spacial score (nSPS) is 19.9. The summed E-state index contributed by atoms with van der Waals surface area (Å²) in [5, 5.41) is 14.5. The molecule has 1 N–H and O–H groups in total. The van der Waals surface area contributed by atoms with E-state index in [9.17, 15) is 24.5 Å². The second-order valence-corrected chi connectivity index (χ2v) is 9.11. The number of nitro benzene ring substituents is 1. The lowest BCUT2D eigenvalue weighted by atomic mass is 9.99. The lowest BCUT2D eigenvalue weighted by Gasteiger charge is -2.32. The number of ether oxygens (including phenoxy) is 1. The number of nitrogens with zero attached hydrogens (tertiary/aromatic N) is 3. The number of benzene rings is 2. The van der Waals surface area contributed by atoms with Gasteiger partial charge in [0.2, 0.25) is 5.91 Å². The van der Waals surface area contributed by atoms with E-state index in [1.807, 2.05) is 4.90 Å². The Balaban J connectivity index is 1.49. The number of fused-ring (bicyclic) bond motifs is 1. The third-order valence-electron chi connectivity index (χ3n) is 6.36. The van der Waals surface area contributed by atoms with Crippen LogP contribution in [0.25, 0.3) is 0 Å². The van der Waals surface area contributed by atoms with Crippen molar-refractivity contribution >= 4 is 40.5 Å². The van der Waals surface area contributed by atoms with Gasteiger partial charge < -0.3 is 19.9 Å². The van der Waals surface area contributed by atoms with Crippen LogP contribution in [-0.4, -0.2) is 48.4 Å². The average Bonchev–Trinajstić information content (AvgIpc) is 2.96. The van der Waals surface area contributed by atoms with Gasteiger partial charge in [0.15, 0.2) is 6.61 Å². The molecule has 0 radical (unpaired) electrons. The van der Waals surface area contributed by atoms with Crippen molar-refractivity contribution in [2.45, 2.75) is 39.2 Å². The Kier molecular flexibility index (Phi) is 6.99. The van der Waals surface area contributed by atoms with Gasteiger partial charge in [-0.25, -0.2) is 4.79 Å². The minimum Gasteiger partial charge on any atom is -0.452 e. The fourth-order valence-electron chi connectivity index (χ4n) is 4.72. The van der Waals surface area contributed by atoms with Gasteiger partial charge in [-0.1, -0.05) is 19.1 Å². The van der Waals surface area contributed by atoms with Crippen LogP contribution in [0.2, 0.25) is 0 Å². The van der Waals surface area contributed by atoms with Crippen LogP contribution in [0.5, 0.6) is 0 Å². The van der Waals surface area contributed by atoms with Gasteiger partial charge in [-0.05, 0) is 49.9 Å². The summed E-state index contributed by atoms with van der Waals surface area (Å²) in [7, 11) is 0. The van der Waals surface area contributed by atoms with Crippen LogP contribution >= 0.6 is 0 Å². The Bertz CT molecular complexity index is 1170. The maximum Gasteiger partial charge on any atom is 0.338 e. The number of nitrogens with one attached hydrogen (secondary N) is 1. The first kappa shape index (κ1) is 24.2. The van der Waals surface area contributed by atoms with E-state index in [4.69, 9.17) is 4.74 Å². The largest absolute Gasteiger partial charge is 0.452 e.